The third kappa shape index (κ3) is 2.72. The van der Waals surface area contributed by atoms with E-state index in [1.165, 1.54) is 0 Å². The lowest BCUT2D eigenvalue weighted by Crippen LogP contribution is -2.34. The Balaban J connectivity index is 2.04. The number of hydrogen-bond acceptors (Lipinski definition) is 5. The molecule has 1 aliphatic heterocycles. The number of aliphatic hydroxyl groups is 1. The number of aromatic nitrogens is 2. The third-order valence-electron chi connectivity index (χ3n) is 3.63. The van der Waals surface area contributed by atoms with Crippen LogP contribution >= 0.6 is 0 Å². The Bertz CT molecular complexity index is 397. The van der Waals surface area contributed by atoms with Crippen molar-refractivity contribution in [2.75, 3.05) is 13.2 Å². The first-order chi connectivity index (χ1) is 8.41. The molecule has 0 amide bonds. The second kappa shape index (κ2) is 4.97. The Hall–Kier alpha value is -0.940. The number of hydrogen-bond donors (Lipinski definition) is 1. The first-order valence-corrected chi connectivity index (χ1v) is 6.59. The monoisotopic (exact) mass is 253 g/mol. The lowest BCUT2D eigenvalue weighted by Gasteiger charge is -2.23. The first-order valence-electron chi connectivity index (χ1n) is 6.59. The predicted molar refractivity (Wildman–Crippen MR) is 68.1 cm³/mol. The normalized spacial score (nSPS) is 25.8. The molecule has 1 fully saturated rings. The standard InChI is InChI=1S/C13H23N3O2/c1-9-5-6-16(10(9)8-17)7-11-14-15-12(18-11)13(2,3)4/h9-10,17H,5-8H2,1-4H3. The Labute approximate surface area is 108 Å². The zero-order chi connectivity index (χ0) is 13.3. The second-order valence-electron chi connectivity index (χ2n) is 6.24. The predicted octanol–water partition coefficient (Wildman–Crippen LogP) is 1.57. The summed E-state index contributed by atoms with van der Waals surface area (Å²) >= 11 is 0. The van der Waals surface area contributed by atoms with Crippen molar-refractivity contribution in [3.63, 3.8) is 0 Å². The van der Waals surface area contributed by atoms with Gasteiger partial charge < -0.3 is 9.52 Å². The van der Waals surface area contributed by atoms with Crippen molar-refractivity contribution < 1.29 is 9.52 Å². The Morgan fingerprint density at radius 3 is 2.67 bits per heavy atom. The van der Waals surface area contributed by atoms with Gasteiger partial charge in [-0.05, 0) is 18.9 Å². The van der Waals surface area contributed by atoms with Gasteiger partial charge in [0.15, 0.2) is 0 Å². The van der Waals surface area contributed by atoms with E-state index in [4.69, 9.17) is 4.42 Å². The maximum absolute atomic E-state index is 9.41. The molecule has 0 aromatic carbocycles. The van der Waals surface area contributed by atoms with Crippen molar-refractivity contribution in [1.82, 2.24) is 15.1 Å². The van der Waals surface area contributed by atoms with E-state index in [-0.39, 0.29) is 18.1 Å². The molecule has 5 heteroatoms. The average molecular weight is 253 g/mol. The van der Waals surface area contributed by atoms with Gasteiger partial charge >= 0.3 is 0 Å². The van der Waals surface area contributed by atoms with Crippen LogP contribution in [0.15, 0.2) is 4.42 Å². The highest BCUT2D eigenvalue weighted by molar-refractivity contribution is 4.97. The Morgan fingerprint density at radius 1 is 1.39 bits per heavy atom. The van der Waals surface area contributed by atoms with Crippen molar-refractivity contribution >= 4 is 0 Å². The summed E-state index contributed by atoms with van der Waals surface area (Å²) in [6.45, 7) is 10.2. The fourth-order valence-electron chi connectivity index (χ4n) is 2.37. The molecule has 1 aliphatic rings. The van der Waals surface area contributed by atoms with Crippen LogP contribution in [0.1, 0.15) is 45.9 Å². The van der Waals surface area contributed by atoms with Crippen LogP contribution in [-0.2, 0) is 12.0 Å². The van der Waals surface area contributed by atoms with E-state index in [2.05, 4.69) is 42.8 Å². The van der Waals surface area contributed by atoms with Gasteiger partial charge in [0.05, 0.1) is 13.2 Å². The summed E-state index contributed by atoms with van der Waals surface area (Å²) in [5.41, 5.74) is -0.111. The van der Waals surface area contributed by atoms with Crippen LogP contribution in [0, 0.1) is 5.92 Å². The SMILES string of the molecule is CC1CCN(Cc2nnc(C(C)(C)C)o2)C1CO. The van der Waals surface area contributed by atoms with Gasteiger partial charge in [0.25, 0.3) is 0 Å². The van der Waals surface area contributed by atoms with Crippen LogP contribution < -0.4 is 0 Å². The van der Waals surface area contributed by atoms with Crippen molar-refractivity contribution in [2.24, 2.45) is 5.92 Å². The van der Waals surface area contributed by atoms with Gasteiger partial charge in [0.1, 0.15) is 0 Å². The molecule has 0 aliphatic carbocycles. The van der Waals surface area contributed by atoms with E-state index in [1.807, 2.05) is 0 Å². The minimum atomic E-state index is -0.111. The quantitative estimate of drug-likeness (QED) is 0.886. The molecule has 2 atom stereocenters. The minimum Gasteiger partial charge on any atom is -0.423 e. The van der Waals surface area contributed by atoms with E-state index in [1.54, 1.807) is 0 Å². The maximum atomic E-state index is 9.41. The highest BCUT2D eigenvalue weighted by Gasteiger charge is 2.32. The average Bonchev–Trinajstić information content (AvgIpc) is 2.86. The highest BCUT2D eigenvalue weighted by Crippen LogP contribution is 2.26. The first kappa shape index (κ1) is 13.5. The van der Waals surface area contributed by atoms with Gasteiger partial charge in [0, 0.05) is 11.5 Å². The molecule has 18 heavy (non-hydrogen) atoms. The lowest BCUT2D eigenvalue weighted by molar-refractivity contribution is 0.125. The van der Waals surface area contributed by atoms with Crippen LogP contribution in [0.5, 0.6) is 0 Å². The van der Waals surface area contributed by atoms with E-state index < -0.39 is 0 Å². The molecule has 1 aromatic heterocycles. The number of aliphatic hydroxyl groups excluding tert-OH is 1. The van der Waals surface area contributed by atoms with E-state index in [0.717, 1.165) is 13.0 Å². The van der Waals surface area contributed by atoms with Gasteiger partial charge in [0.2, 0.25) is 11.8 Å². The zero-order valence-corrected chi connectivity index (χ0v) is 11.7. The second-order valence-corrected chi connectivity index (χ2v) is 6.24. The fourth-order valence-corrected chi connectivity index (χ4v) is 2.37. The van der Waals surface area contributed by atoms with Crippen molar-refractivity contribution in [1.29, 1.82) is 0 Å². The maximum Gasteiger partial charge on any atom is 0.230 e. The van der Waals surface area contributed by atoms with Crippen molar-refractivity contribution in [2.45, 2.75) is 52.1 Å². The molecule has 0 bridgehead atoms. The van der Waals surface area contributed by atoms with E-state index in [9.17, 15) is 5.11 Å². The molecule has 0 radical (unpaired) electrons. The summed E-state index contributed by atoms with van der Waals surface area (Å²) in [6, 6.07) is 0.218. The van der Waals surface area contributed by atoms with Gasteiger partial charge in [-0.2, -0.15) is 0 Å². The summed E-state index contributed by atoms with van der Waals surface area (Å²) in [5, 5.41) is 17.6. The van der Waals surface area contributed by atoms with Crippen LogP contribution in [0.25, 0.3) is 0 Å². The highest BCUT2D eigenvalue weighted by atomic mass is 16.4. The van der Waals surface area contributed by atoms with Gasteiger partial charge in [-0.15, -0.1) is 10.2 Å². The van der Waals surface area contributed by atoms with Crippen LogP contribution in [0.3, 0.4) is 0 Å². The summed E-state index contributed by atoms with van der Waals surface area (Å²) < 4.78 is 5.69. The molecule has 2 rings (SSSR count). The zero-order valence-electron chi connectivity index (χ0n) is 11.7. The van der Waals surface area contributed by atoms with Crippen molar-refractivity contribution in [3.05, 3.63) is 11.8 Å². The van der Waals surface area contributed by atoms with Crippen LogP contribution in [0.2, 0.25) is 0 Å². The molecule has 1 aromatic rings. The fraction of sp³-hybridized carbons (Fsp3) is 0.846. The van der Waals surface area contributed by atoms with Gasteiger partial charge in [-0.3, -0.25) is 4.90 Å². The molecule has 0 spiro atoms. The molecule has 102 valence electrons. The number of nitrogens with zero attached hydrogens (tertiary/aromatic N) is 3. The Morgan fingerprint density at radius 2 is 2.11 bits per heavy atom. The number of rotatable bonds is 3. The van der Waals surface area contributed by atoms with Crippen molar-refractivity contribution in [3.8, 4) is 0 Å². The van der Waals surface area contributed by atoms with Crippen LogP contribution in [0.4, 0.5) is 0 Å². The summed E-state index contributed by atoms with van der Waals surface area (Å²) in [5.74, 6) is 1.85. The molecular weight excluding hydrogens is 230 g/mol. The lowest BCUT2D eigenvalue weighted by atomic mass is 9.97. The molecule has 0 saturated carbocycles. The summed E-state index contributed by atoms with van der Waals surface area (Å²) in [7, 11) is 0. The van der Waals surface area contributed by atoms with Crippen LogP contribution in [-0.4, -0.2) is 39.4 Å². The van der Waals surface area contributed by atoms with E-state index >= 15 is 0 Å². The molecule has 2 heterocycles. The van der Waals surface area contributed by atoms with Gasteiger partial charge in [-0.1, -0.05) is 27.7 Å². The van der Waals surface area contributed by atoms with E-state index in [0.29, 0.717) is 24.2 Å². The topological polar surface area (TPSA) is 62.4 Å². The molecule has 1 saturated heterocycles. The smallest absolute Gasteiger partial charge is 0.230 e. The molecule has 1 N–H and O–H groups in total. The summed E-state index contributed by atoms with van der Waals surface area (Å²) in [6.07, 6.45) is 1.12. The molecular formula is C13H23N3O2. The molecule has 2 unspecified atom stereocenters. The third-order valence-corrected chi connectivity index (χ3v) is 3.63. The summed E-state index contributed by atoms with van der Waals surface area (Å²) in [4.78, 5) is 2.23. The van der Waals surface area contributed by atoms with Gasteiger partial charge in [-0.25, -0.2) is 0 Å². The molecule has 5 nitrogen and oxygen atoms in total. The Kier molecular flexibility index (Phi) is 3.73. The number of likely N-dealkylation sites (tertiary alicyclic amines) is 1. The minimum absolute atomic E-state index is 0.111. The largest absolute Gasteiger partial charge is 0.423 e.